The molecule has 7 heteroatoms. The molecule has 1 atom stereocenters. The van der Waals surface area contributed by atoms with Crippen molar-refractivity contribution in [2.45, 2.75) is 38.2 Å². The Hall–Kier alpha value is -1.44. The van der Waals surface area contributed by atoms with E-state index in [4.69, 9.17) is 0 Å². The Balaban J connectivity index is 2.83. The summed E-state index contributed by atoms with van der Waals surface area (Å²) in [6.07, 6.45) is -0.825. The molecule has 0 saturated carbocycles. The molecule has 0 spiro atoms. The van der Waals surface area contributed by atoms with Crippen LogP contribution >= 0.6 is 0 Å². The lowest BCUT2D eigenvalue weighted by molar-refractivity contribution is 0.0600. The second-order valence-electron chi connectivity index (χ2n) is 5.45. The zero-order chi connectivity index (χ0) is 16.3. The maximum absolute atomic E-state index is 12.1. The molecule has 0 heterocycles. The fourth-order valence-electron chi connectivity index (χ4n) is 1.60. The molecule has 0 amide bonds. The van der Waals surface area contributed by atoms with Crippen molar-refractivity contribution in [2.24, 2.45) is 0 Å². The van der Waals surface area contributed by atoms with Crippen LogP contribution in [-0.4, -0.2) is 38.2 Å². The molecule has 0 saturated heterocycles. The largest absolute Gasteiger partial charge is 0.465 e. The lowest BCUT2D eigenvalue weighted by Gasteiger charge is -2.28. The van der Waals surface area contributed by atoms with Crippen LogP contribution in [0.15, 0.2) is 24.3 Å². The number of hydrogen-bond donors (Lipinski definition) is 2. The molecular formula is C14H21NO5S. The van der Waals surface area contributed by atoms with Crippen molar-refractivity contribution in [1.82, 2.24) is 4.72 Å². The lowest BCUT2D eigenvalue weighted by atomic mass is 10.0. The van der Waals surface area contributed by atoms with Crippen LogP contribution in [-0.2, 0) is 20.5 Å². The van der Waals surface area contributed by atoms with E-state index in [1.807, 2.05) is 0 Å². The average Bonchev–Trinajstić information content (AvgIpc) is 2.36. The molecule has 0 aliphatic rings. The quantitative estimate of drug-likeness (QED) is 0.766. The topological polar surface area (TPSA) is 92.7 Å². The Labute approximate surface area is 125 Å². The highest BCUT2D eigenvalue weighted by Gasteiger charge is 2.29. The number of rotatable bonds is 6. The molecule has 21 heavy (non-hydrogen) atoms. The Bertz CT molecular complexity index is 590. The molecule has 0 fully saturated rings. The molecule has 2 N–H and O–H groups in total. The van der Waals surface area contributed by atoms with Gasteiger partial charge in [-0.15, -0.1) is 0 Å². The van der Waals surface area contributed by atoms with Crippen molar-refractivity contribution in [3.8, 4) is 0 Å². The van der Waals surface area contributed by atoms with E-state index in [1.165, 1.54) is 26.2 Å². The Kier molecular flexibility index (Phi) is 5.49. The maximum atomic E-state index is 12.1. The number of carbonyl (C=O) groups is 1. The van der Waals surface area contributed by atoms with E-state index in [1.54, 1.807) is 26.0 Å². The van der Waals surface area contributed by atoms with E-state index in [0.29, 0.717) is 11.1 Å². The van der Waals surface area contributed by atoms with Crippen molar-refractivity contribution in [1.29, 1.82) is 0 Å². The Morgan fingerprint density at radius 2 is 1.86 bits per heavy atom. The highest BCUT2D eigenvalue weighted by atomic mass is 32.2. The molecule has 0 aliphatic carbocycles. The SMILES string of the molecule is COC(=O)c1ccc(CS(=O)(=O)NC(C)(C)C(C)O)cc1. The van der Waals surface area contributed by atoms with Crippen LogP contribution < -0.4 is 4.72 Å². The van der Waals surface area contributed by atoms with Gasteiger partial charge in [-0.25, -0.2) is 17.9 Å². The van der Waals surface area contributed by atoms with Gasteiger partial charge in [-0.3, -0.25) is 0 Å². The zero-order valence-corrected chi connectivity index (χ0v) is 13.4. The molecule has 118 valence electrons. The number of methoxy groups -OCH3 is 1. The first-order valence-electron chi connectivity index (χ1n) is 6.44. The number of nitrogens with one attached hydrogen (secondary N) is 1. The van der Waals surface area contributed by atoms with Crippen LogP contribution in [0, 0.1) is 0 Å². The molecule has 6 nitrogen and oxygen atoms in total. The van der Waals surface area contributed by atoms with Crippen molar-refractivity contribution >= 4 is 16.0 Å². The maximum Gasteiger partial charge on any atom is 0.337 e. The second-order valence-corrected chi connectivity index (χ2v) is 7.17. The number of sulfonamides is 1. The van der Waals surface area contributed by atoms with Gasteiger partial charge in [0, 0.05) is 0 Å². The van der Waals surface area contributed by atoms with Gasteiger partial charge in [0.05, 0.1) is 30.1 Å². The summed E-state index contributed by atoms with van der Waals surface area (Å²) in [4.78, 5) is 11.3. The summed E-state index contributed by atoms with van der Waals surface area (Å²) < 4.78 is 31.2. The van der Waals surface area contributed by atoms with Gasteiger partial charge in [-0.1, -0.05) is 12.1 Å². The van der Waals surface area contributed by atoms with Gasteiger partial charge in [-0.05, 0) is 38.5 Å². The van der Waals surface area contributed by atoms with Gasteiger partial charge >= 0.3 is 5.97 Å². The fourth-order valence-corrected chi connectivity index (χ4v) is 3.27. The first-order valence-corrected chi connectivity index (χ1v) is 8.09. The van der Waals surface area contributed by atoms with Crippen LogP contribution in [0.1, 0.15) is 36.7 Å². The number of carbonyl (C=O) groups excluding carboxylic acids is 1. The smallest absolute Gasteiger partial charge is 0.337 e. The molecule has 1 aromatic carbocycles. The lowest BCUT2D eigenvalue weighted by Crippen LogP contribution is -2.51. The number of hydrogen-bond acceptors (Lipinski definition) is 5. The van der Waals surface area contributed by atoms with E-state index < -0.39 is 27.6 Å². The summed E-state index contributed by atoms with van der Waals surface area (Å²) in [6.45, 7) is 4.73. The highest BCUT2D eigenvalue weighted by molar-refractivity contribution is 7.88. The second kappa shape index (κ2) is 6.55. The number of aliphatic hydroxyl groups is 1. The predicted molar refractivity (Wildman–Crippen MR) is 79.3 cm³/mol. The summed E-state index contributed by atoms with van der Waals surface area (Å²) in [6, 6.07) is 6.13. The van der Waals surface area contributed by atoms with Crippen LogP contribution in [0.25, 0.3) is 0 Å². The Morgan fingerprint density at radius 3 is 2.29 bits per heavy atom. The van der Waals surface area contributed by atoms with Gasteiger partial charge in [0.2, 0.25) is 10.0 Å². The fraction of sp³-hybridized carbons (Fsp3) is 0.500. The van der Waals surface area contributed by atoms with Gasteiger partial charge in [0.15, 0.2) is 0 Å². The van der Waals surface area contributed by atoms with Gasteiger partial charge < -0.3 is 9.84 Å². The zero-order valence-electron chi connectivity index (χ0n) is 12.6. The number of ether oxygens (including phenoxy) is 1. The normalized spacial score (nSPS) is 13.8. The number of aliphatic hydroxyl groups excluding tert-OH is 1. The monoisotopic (exact) mass is 315 g/mol. The van der Waals surface area contributed by atoms with Crippen molar-refractivity contribution < 1.29 is 23.1 Å². The first kappa shape index (κ1) is 17.6. The molecule has 0 aromatic heterocycles. The van der Waals surface area contributed by atoms with Crippen LogP contribution in [0.3, 0.4) is 0 Å². The van der Waals surface area contributed by atoms with E-state index in [0.717, 1.165) is 0 Å². The predicted octanol–water partition coefficient (Wildman–Crippen LogP) is 1.05. The summed E-state index contributed by atoms with van der Waals surface area (Å²) >= 11 is 0. The van der Waals surface area contributed by atoms with Gasteiger partial charge in [0.25, 0.3) is 0 Å². The summed E-state index contributed by atoms with van der Waals surface area (Å²) in [7, 11) is -2.32. The van der Waals surface area contributed by atoms with Crippen LogP contribution in [0.5, 0.6) is 0 Å². The first-order chi connectivity index (χ1) is 9.57. The molecule has 0 bridgehead atoms. The minimum atomic E-state index is -3.60. The third kappa shape index (κ3) is 5.11. The molecular weight excluding hydrogens is 294 g/mol. The highest BCUT2D eigenvalue weighted by Crippen LogP contribution is 2.14. The van der Waals surface area contributed by atoms with E-state index in [-0.39, 0.29) is 5.75 Å². The summed E-state index contributed by atoms with van der Waals surface area (Å²) in [5, 5.41) is 9.56. The van der Waals surface area contributed by atoms with Crippen LogP contribution in [0.4, 0.5) is 0 Å². The third-order valence-corrected chi connectivity index (χ3v) is 4.75. The van der Waals surface area contributed by atoms with Gasteiger partial charge in [0.1, 0.15) is 0 Å². The van der Waals surface area contributed by atoms with E-state index in [9.17, 15) is 18.3 Å². The molecule has 0 aliphatic heterocycles. The number of benzene rings is 1. The molecule has 0 radical (unpaired) electrons. The van der Waals surface area contributed by atoms with E-state index in [2.05, 4.69) is 9.46 Å². The standard InChI is InChI=1S/C14H21NO5S/c1-10(16)14(2,3)15-21(18,19)9-11-5-7-12(8-6-11)13(17)20-4/h5-8,10,15-16H,9H2,1-4H3. The summed E-state index contributed by atoms with van der Waals surface area (Å²) in [5.41, 5.74) is -0.0578. The number of esters is 1. The molecule has 1 unspecified atom stereocenters. The third-order valence-electron chi connectivity index (χ3n) is 3.19. The minimum Gasteiger partial charge on any atom is -0.465 e. The molecule has 1 rings (SSSR count). The van der Waals surface area contributed by atoms with E-state index >= 15 is 0 Å². The average molecular weight is 315 g/mol. The minimum absolute atomic E-state index is 0.232. The molecule has 1 aromatic rings. The van der Waals surface area contributed by atoms with Crippen molar-refractivity contribution in [3.63, 3.8) is 0 Å². The Morgan fingerprint density at radius 1 is 1.33 bits per heavy atom. The van der Waals surface area contributed by atoms with Gasteiger partial charge in [-0.2, -0.15) is 0 Å². The van der Waals surface area contributed by atoms with Crippen LogP contribution in [0.2, 0.25) is 0 Å². The van der Waals surface area contributed by atoms with Crippen molar-refractivity contribution in [2.75, 3.05) is 7.11 Å². The summed E-state index contributed by atoms with van der Waals surface area (Å²) in [5.74, 6) is -0.706. The van der Waals surface area contributed by atoms with Crippen molar-refractivity contribution in [3.05, 3.63) is 35.4 Å².